The van der Waals surface area contributed by atoms with Crippen molar-refractivity contribution in [3.8, 4) is 23.6 Å². The van der Waals surface area contributed by atoms with Crippen LogP contribution in [0.3, 0.4) is 0 Å². The van der Waals surface area contributed by atoms with Crippen LogP contribution in [0.1, 0.15) is 17.0 Å². The van der Waals surface area contributed by atoms with E-state index in [4.69, 9.17) is 9.47 Å². The van der Waals surface area contributed by atoms with Crippen molar-refractivity contribution in [2.45, 2.75) is 6.61 Å². The molecule has 0 radical (unpaired) electrons. The quantitative estimate of drug-likeness (QED) is 0.604. The number of nitriles is 2. The second-order valence-electron chi connectivity index (χ2n) is 5.48. The van der Waals surface area contributed by atoms with Gasteiger partial charge in [0, 0.05) is 18.3 Å². The number of nitrogens with zero attached hydrogens (tertiary/aromatic N) is 5. The Hall–Kier alpha value is -4.37. The SMILES string of the molecule is COc1cc(C#N)c(NC=C(C#N)c2nn[nH]n2)cc1OCc1ccccc1. The molecule has 0 amide bonds. The molecule has 0 aliphatic rings. The Balaban J connectivity index is 1.87. The molecule has 0 spiro atoms. The fourth-order valence-electron chi connectivity index (χ4n) is 2.35. The highest BCUT2D eigenvalue weighted by atomic mass is 16.5. The van der Waals surface area contributed by atoms with Crippen LogP contribution in [0.4, 0.5) is 5.69 Å². The molecule has 3 aromatic rings. The van der Waals surface area contributed by atoms with Gasteiger partial charge in [0.05, 0.1) is 18.4 Å². The zero-order valence-corrected chi connectivity index (χ0v) is 14.9. The van der Waals surface area contributed by atoms with Crippen molar-refractivity contribution in [1.29, 1.82) is 10.5 Å². The third-order valence-electron chi connectivity index (χ3n) is 3.74. The van der Waals surface area contributed by atoms with Crippen LogP contribution in [-0.4, -0.2) is 27.7 Å². The molecule has 1 heterocycles. The Morgan fingerprint density at radius 3 is 2.68 bits per heavy atom. The van der Waals surface area contributed by atoms with Gasteiger partial charge in [0.2, 0.25) is 5.82 Å². The van der Waals surface area contributed by atoms with Gasteiger partial charge in [-0.2, -0.15) is 15.7 Å². The van der Waals surface area contributed by atoms with Crippen LogP contribution >= 0.6 is 0 Å². The molecule has 0 fully saturated rings. The first-order chi connectivity index (χ1) is 13.7. The summed E-state index contributed by atoms with van der Waals surface area (Å²) in [6.45, 7) is 0.338. The monoisotopic (exact) mass is 373 g/mol. The molecule has 0 unspecified atom stereocenters. The van der Waals surface area contributed by atoms with Gasteiger partial charge in [-0.25, -0.2) is 0 Å². The summed E-state index contributed by atoms with van der Waals surface area (Å²) in [5, 5.41) is 34.9. The van der Waals surface area contributed by atoms with Crippen molar-refractivity contribution in [1.82, 2.24) is 20.6 Å². The largest absolute Gasteiger partial charge is 0.493 e. The highest BCUT2D eigenvalue weighted by Gasteiger charge is 2.13. The van der Waals surface area contributed by atoms with E-state index in [-0.39, 0.29) is 11.4 Å². The number of aromatic nitrogens is 4. The summed E-state index contributed by atoms with van der Waals surface area (Å²) in [5.74, 6) is 1.03. The Bertz CT molecular complexity index is 1050. The Morgan fingerprint density at radius 1 is 1.21 bits per heavy atom. The molecule has 1 aromatic heterocycles. The summed E-state index contributed by atoms with van der Waals surface area (Å²) in [4.78, 5) is 0. The van der Waals surface area contributed by atoms with E-state index in [0.717, 1.165) is 5.56 Å². The van der Waals surface area contributed by atoms with Crippen LogP contribution in [0.25, 0.3) is 5.57 Å². The van der Waals surface area contributed by atoms with Crippen molar-refractivity contribution < 1.29 is 9.47 Å². The van der Waals surface area contributed by atoms with Crippen LogP contribution in [0.5, 0.6) is 11.5 Å². The molecular weight excluding hydrogens is 358 g/mol. The van der Waals surface area contributed by atoms with Gasteiger partial charge in [-0.05, 0) is 10.8 Å². The van der Waals surface area contributed by atoms with E-state index in [0.29, 0.717) is 29.4 Å². The van der Waals surface area contributed by atoms with Gasteiger partial charge < -0.3 is 14.8 Å². The minimum absolute atomic E-state index is 0.141. The summed E-state index contributed by atoms with van der Waals surface area (Å²) in [5.41, 5.74) is 1.92. The molecule has 0 atom stereocenters. The molecule has 0 aliphatic heterocycles. The highest BCUT2D eigenvalue weighted by Crippen LogP contribution is 2.34. The van der Waals surface area contributed by atoms with Crippen LogP contribution in [-0.2, 0) is 6.61 Å². The van der Waals surface area contributed by atoms with Gasteiger partial charge >= 0.3 is 0 Å². The standard InChI is InChI=1S/C19H15N7O2/c1-27-17-7-14(9-20)16(22-11-15(10-21)19-23-25-26-24-19)8-18(17)28-12-13-5-3-2-4-6-13/h2-8,11,22H,12H2,1H3,(H,23,24,25,26). The number of tetrazole rings is 1. The normalized spacial score (nSPS) is 10.6. The molecule has 0 bridgehead atoms. The van der Waals surface area contributed by atoms with E-state index in [1.54, 1.807) is 12.1 Å². The molecule has 2 N–H and O–H groups in total. The van der Waals surface area contributed by atoms with Crippen LogP contribution in [0.15, 0.2) is 48.7 Å². The van der Waals surface area contributed by atoms with Gasteiger partial charge in [0.15, 0.2) is 11.5 Å². The number of anilines is 1. The summed E-state index contributed by atoms with van der Waals surface area (Å²) < 4.78 is 11.2. The topological polar surface area (TPSA) is 133 Å². The number of hydrogen-bond acceptors (Lipinski definition) is 8. The zero-order chi connectivity index (χ0) is 19.8. The lowest BCUT2D eigenvalue weighted by molar-refractivity contribution is 0.284. The molecule has 0 aliphatic carbocycles. The van der Waals surface area contributed by atoms with Gasteiger partial charge in [0.1, 0.15) is 24.3 Å². The summed E-state index contributed by atoms with van der Waals surface area (Å²) in [6.07, 6.45) is 1.40. The Kier molecular flexibility index (Phi) is 5.81. The number of methoxy groups -OCH3 is 1. The maximum atomic E-state index is 9.43. The second kappa shape index (κ2) is 8.83. The summed E-state index contributed by atoms with van der Waals surface area (Å²) in [6, 6.07) is 16.9. The van der Waals surface area contributed by atoms with Crippen LogP contribution < -0.4 is 14.8 Å². The average Bonchev–Trinajstić information content (AvgIpc) is 3.28. The van der Waals surface area contributed by atoms with E-state index in [1.807, 2.05) is 36.4 Å². The lowest BCUT2D eigenvalue weighted by Gasteiger charge is -2.14. The molecular formula is C19H15N7O2. The van der Waals surface area contributed by atoms with E-state index in [9.17, 15) is 10.5 Å². The predicted octanol–water partition coefficient (Wildman–Crippen LogP) is 2.64. The number of hydrogen-bond donors (Lipinski definition) is 2. The van der Waals surface area contributed by atoms with Crippen molar-refractivity contribution in [3.63, 3.8) is 0 Å². The molecule has 0 saturated heterocycles. The number of ether oxygens (including phenoxy) is 2. The lowest BCUT2D eigenvalue weighted by Crippen LogP contribution is -2.01. The van der Waals surface area contributed by atoms with Crippen LogP contribution in [0.2, 0.25) is 0 Å². The zero-order valence-electron chi connectivity index (χ0n) is 14.9. The number of benzene rings is 2. The van der Waals surface area contributed by atoms with E-state index < -0.39 is 0 Å². The van der Waals surface area contributed by atoms with Crippen molar-refractivity contribution in [3.05, 3.63) is 65.6 Å². The number of nitrogens with one attached hydrogen (secondary N) is 2. The molecule has 28 heavy (non-hydrogen) atoms. The molecule has 138 valence electrons. The van der Waals surface area contributed by atoms with Gasteiger partial charge in [-0.1, -0.05) is 30.3 Å². The summed E-state index contributed by atoms with van der Waals surface area (Å²) >= 11 is 0. The fourth-order valence-corrected chi connectivity index (χ4v) is 2.35. The summed E-state index contributed by atoms with van der Waals surface area (Å²) in [7, 11) is 1.50. The first-order valence-electron chi connectivity index (χ1n) is 8.14. The smallest absolute Gasteiger partial charge is 0.216 e. The minimum Gasteiger partial charge on any atom is -0.493 e. The third-order valence-corrected chi connectivity index (χ3v) is 3.74. The fraction of sp³-hybridized carbons (Fsp3) is 0.105. The van der Waals surface area contributed by atoms with E-state index in [2.05, 4.69) is 32.0 Å². The van der Waals surface area contributed by atoms with Gasteiger partial charge in [-0.3, -0.25) is 0 Å². The first-order valence-corrected chi connectivity index (χ1v) is 8.14. The first kappa shape index (κ1) is 18.4. The average molecular weight is 373 g/mol. The maximum Gasteiger partial charge on any atom is 0.216 e. The van der Waals surface area contributed by atoms with Crippen LogP contribution in [0, 0.1) is 22.7 Å². The van der Waals surface area contributed by atoms with Crippen molar-refractivity contribution in [2.75, 3.05) is 12.4 Å². The molecule has 9 nitrogen and oxygen atoms in total. The third kappa shape index (κ3) is 4.23. The molecule has 3 rings (SSSR count). The Morgan fingerprint density at radius 2 is 2.04 bits per heavy atom. The molecule has 2 aromatic carbocycles. The van der Waals surface area contributed by atoms with Gasteiger partial charge in [0.25, 0.3) is 0 Å². The Labute approximate surface area is 160 Å². The van der Waals surface area contributed by atoms with E-state index in [1.165, 1.54) is 13.3 Å². The lowest BCUT2D eigenvalue weighted by atomic mass is 10.1. The number of aromatic amines is 1. The predicted molar refractivity (Wildman–Crippen MR) is 99.9 cm³/mol. The van der Waals surface area contributed by atoms with E-state index >= 15 is 0 Å². The number of allylic oxidation sites excluding steroid dienone is 1. The number of rotatable bonds is 7. The van der Waals surface area contributed by atoms with Gasteiger partial charge in [-0.15, -0.1) is 10.2 Å². The molecule has 0 saturated carbocycles. The minimum atomic E-state index is 0.141. The molecule has 9 heteroatoms. The van der Waals surface area contributed by atoms with Crippen molar-refractivity contribution in [2.24, 2.45) is 0 Å². The maximum absolute atomic E-state index is 9.43. The highest BCUT2D eigenvalue weighted by molar-refractivity contribution is 5.75. The number of H-pyrrole nitrogens is 1. The van der Waals surface area contributed by atoms with Crippen molar-refractivity contribution >= 4 is 11.3 Å². The second-order valence-corrected chi connectivity index (χ2v) is 5.48.